The molecule has 0 aliphatic rings. The van der Waals surface area contributed by atoms with E-state index in [2.05, 4.69) is 15.3 Å². The van der Waals surface area contributed by atoms with Gasteiger partial charge in [0, 0.05) is 24.7 Å². The van der Waals surface area contributed by atoms with Crippen molar-refractivity contribution < 1.29 is 9.47 Å². The average Bonchev–Trinajstić information content (AvgIpc) is 3.01. The summed E-state index contributed by atoms with van der Waals surface area (Å²) in [6.45, 7) is 0. The number of H-pyrrole nitrogens is 1. The van der Waals surface area contributed by atoms with Crippen molar-refractivity contribution in [2.45, 2.75) is 0 Å². The number of aromatic nitrogens is 2. The molecule has 3 aromatic rings. The summed E-state index contributed by atoms with van der Waals surface area (Å²) in [6, 6.07) is 9.87. The van der Waals surface area contributed by atoms with Crippen LogP contribution in [0.5, 0.6) is 11.5 Å². The molecule has 2 aromatic heterocycles. The minimum Gasteiger partial charge on any atom is -0.497 e. The minimum absolute atomic E-state index is 0.760. The fourth-order valence-electron chi connectivity index (χ4n) is 2.37. The first kappa shape index (κ1) is 13.3. The number of nitrogens with zero attached hydrogens (tertiary/aromatic N) is 1. The molecule has 3 rings (SSSR count). The van der Waals surface area contributed by atoms with Gasteiger partial charge in [-0.25, -0.2) is 4.98 Å². The zero-order valence-electron chi connectivity index (χ0n) is 12.2. The SMILES string of the molecule is CNc1cc(-c2cc(OC)cc(OC)c2)c2cc[nH]c2n1. The monoisotopic (exact) mass is 283 g/mol. The standard InChI is InChI=1S/C16H17N3O2/c1-17-15-9-14(13-4-5-18-16(13)19-15)10-6-11(20-2)8-12(7-10)21-3/h4-9H,1-3H3,(H2,17,18,19). The summed E-state index contributed by atoms with van der Waals surface area (Å²) in [5, 5.41) is 4.14. The molecule has 0 aliphatic carbocycles. The van der Waals surface area contributed by atoms with Gasteiger partial charge in [-0.15, -0.1) is 0 Å². The summed E-state index contributed by atoms with van der Waals surface area (Å²) in [6.07, 6.45) is 1.89. The van der Waals surface area contributed by atoms with Gasteiger partial charge >= 0.3 is 0 Å². The van der Waals surface area contributed by atoms with Crippen LogP contribution in [-0.4, -0.2) is 31.2 Å². The van der Waals surface area contributed by atoms with E-state index in [-0.39, 0.29) is 0 Å². The van der Waals surface area contributed by atoms with Crippen LogP contribution in [0.3, 0.4) is 0 Å². The van der Waals surface area contributed by atoms with E-state index in [0.29, 0.717) is 0 Å². The average molecular weight is 283 g/mol. The van der Waals surface area contributed by atoms with Crippen molar-refractivity contribution in [3.05, 3.63) is 36.5 Å². The van der Waals surface area contributed by atoms with E-state index in [1.807, 2.05) is 43.6 Å². The van der Waals surface area contributed by atoms with Gasteiger partial charge in [0.1, 0.15) is 23.0 Å². The number of nitrogens with one attached hydrogen (secondary N) is 2. The normalized spacial score (nSPS) is 10.6. The second kappa shape index (κ2) is 5.36. The van der Waals surface area contributed by atoms with Crippen molar-refractivity contribution >= 4 is 16.9 Å². The molecule has 0 aliphatic heterocycles. The lowest BCUT2D eigenvalue weighted by atomic mass is 10.0. The second-order valence-corrected chi connectivity index (χ2v) is 4.65. The molecule has 21 heavy (non-hydrogen) atoms. The highest BCUT2D eigenvalue weighted by Gasteiger charge is 2.11. The van der Waals surface area contributed by atoms with Crippen LogP contribution in [0.4, 0.5) is 5.82 Å². The summed E-state index contributed by atoms with van der Waals surface area (Å²) in [5.74, 6) is 2.33. The Hall–Kier alpha value is -2.69. The van der Waals surface area contributed by atoms with Gasteiger partial charge in [0.25, 0.3) is 0 Å². The van der Waals surface area contributed by atoms with E-state index in [4.69, 9.17) is 9.47 Å². The van der Waals surface area contributed by atoms with Gasteiger partial charge in [-0.1, -0.05) is 0 Å². The number of fused-ring (bicyclic) bond motifs is 1. The molecule has 0 saturated carbocycles. The summed E-state index contributed by atoms with van der Waals surface area (Å²) >= 11 is 0. The zero-order chi connectivity index (χ0) is 14.8. The molecule has 5 nitrogen and oxygen atoms in total. The molecule has 0 bridgehead atoms. The zero-order valence-corrected chi connectivity index (χ0v) is 12.2. The van der Waals surface area contributed by atoms with E-state index < -0.39 is 0 Å². The highest BCUT2D eigenvalue weighted by molar-refractivity contribution is 5.95. The van der Waals surface area contributed by atoms with Crippen LogP contribution in [0, 0.1) is 0 Å². The Bertz CT molecular complexity index is 758. The maximum absolute atomic E-state index is 5.35. The van der Waals surface area contributed by atoms with E-state index in [1.165, 1.54) is 0 Å². The fraction of sp³-hybridized carbons (Fsp3) is 0.188. The van der Waals surface area contributed by atoms with E-state index in [0.717, 1.165) is 39.5 Å². The van der Waals surface area contributed by atoms with Crippen LogP contribution in [0.25, 0.3) is 22.2 Å². The Morgan fingerprint density at radius 1 is 1.05 bits per heavy atom. The van der Waals surface area contributed by atoms with Crippen LogP contribution in [0.1, 0.15) is 0 Å². The van der Waals surface area contributed by atoms with Crippen LogP contribution in [-0.2, 0) is 0 Å². The maximum atomic E-state index is 5.35. The van der Waals surface area contributed by atoms with Crippen molar-refractivity contribution in [2.75, 3.05) is 26.6 Å². The number of ether oxygens (including phenoxy) is 2. The largest absolute Gasteiger partial charge is 0.497 e. The molecule has 0 amide bonds. The summed E-state index contributed by atoms with van der Waals surface area (Å²) in [4.78, 5) is 7.64. The highest BCUT2D eigenvalue weighted by Crippen LogP contribution is 2.34. The Labute approximate surface area is 122 Å². The summed E-state index contributed by atoms with van der Waals surface area (Å²) < 4.78 is 10.7. The van der Waals surface area contributed by atoms with Crippen molar-refractivity contribution in [2.24, 2.45) is 0 Å². The first-order valence-corrected chi connectivity index (χ1v) is 6.64. The van der Waals surface area contributed by atoms with Crippen molar-refractivity contribution in [1.82, 2.24) is 9.97 Å². The third-order valence-corrected chi connectivity index (χ3v) is 3.45. The fourth-order valence-corrected chi connectivity index (χ4v) is 2.37. The highest BCUT2D eigenvalue weighted by atomic mass is 16.5. The molecular weight excluding hydrogens is 266 g/mol. The smallest absolute Gasteiger partial charge is 0.140 e. The van der Waals surface area contributed by atoms with Gasteiger partial charge in [-0.3, -0.25) is 0 Å². The number of benzene rings is 1. The van der Waals surface area contributed by atoms with Crippen molar-refractivity contribution in [3.63, 3.8) is 0 Å². The van der Waals surface area contributed by atoms with Gasteiger partial charge in [0.15, 0.2) is 0 Å². The van der Waals surface area contributed by atoms with Crippen LogP contribution in [0.15, 0.2) is 36.5 Å². The lowest BCUT2D eigenvalue weighted by Gasteiger charge is -2.11. The molecule has 0 fully saturated rings. The minimum atomic E-state index is 0.760. The van der Waals surface area contributed by atoms with Crippen molar-refractivity contribution in [3.8, 4) is 22.6 Å². The molecule has 0 atom stereocenters. The van der Waals surface area contributed by atoms with Gasteiger partial charge < -0.3 is 19.8 Å². The number of methoxy groups -OCH3 is 2. The van der Waals surface area contributed by atoms with E-state index in [1.54, 1.807) is 14.2 Å². The van der Waals surface area contributed by atoms with Gasteiger partial charge in [0.2, 0.25) is 0 Å². The Morgan fingerprint density at radius 3 is 2.38 bits per heavy atom. The molecule has 0 saturated heterocycles. The summed E-state index contributed by atoms with van der Waals surface area (Å²) in [5.41, 5.74) is 2.94. The molecular formula is C16H17N3O2. The third-order valence-electron chi connectivity index (χ3n) is 3.45. The number of rotatable bonds is 4. The Kier molecular flexibility index (Phi) is 3.39. The number of aromatic amines is 1. The van der Waals surface area contributed by atoms with Crippen molar-refractivity contribution in [1.29, 1.82) is 0 Å². The molecule has 2 N–H and O–H groups in total. The first-order chi connectivity index (χ1) is 10.2. The molecule has 1 aromatic carbocycles. The molecule has 0 spiro atoms. The Morgan fingerprint density at radius 2 is 1.76 bits per heavy atom. The number of hydrogen-bond donors (Lipinski definition) is 2. The third kappa shape index (κ3) is 2.38. The van der Waals surface area contributed by atoms with Gasteiger partial charge in [-0.2, -0.15) is 0 Å². The van der Waals surface area contributed by atoms with E-state index >= 15 is 0 Å². The Balaban J connectivity index is 2.26. The molecule has 108 valence electrons. The quantitative estimate of drug-likeness (QED) is 0.771. The molecule has 2 heterocycles. The number of anilines is 1. The van der Waals surface area contributed by atoms with Crippen LogP contribution >= 0.6 is 0 Å². The predicted molar refractivity (Wildman–Crippen MR) is 84.2 cm³/mol. The number of hydrogen-bond acceptors (Lipinski definition) is 4. The van der Waals surface area contributed by atoms with Gasteiger partial charge in [0.05, 0.1) is 14.2 Å². The van der Waals surface area contributed by atoms with E-state index in [9.17, 15) is 0 Å². The van der Waals surface area contributed by atoms with Gasteiger partial charge in [-0.05, 0) is 35.4 Å². The molecule has 0 unspecified atom stereocenters. The van der Waals surface area contributed by atoms with Crippen LogP contribution in [0.2, 0.25) is 0 Å². The summed E-state index contributed by atoms with van der Waals surface area (Å²) in [7, 11) is 5.15. The lowest BCUT2D eigenvalue weighted by Crippen LogP contribution is -1.94. The maximum Gasteiger partial charge on any atom is 0.140 e. The molecule has 0 radical (unpaired) electrons. The van der Waals surface area contributed by atoms with Crippen LogP contribution < -0.4 is 14.8 Å². The topological polar surface area (TPSA) is 59.2 Å². The lowest BCUT2D eigenvalue weighted by molar-refractivity contribution is 0.394. The predicted octanol–water partition coefficient (Wildman–Crippen LogP) is 3.29. The second-order valence-electron chi connectivity index (χ2n) is 4.65. The first-order valence-electron chi connectivity index (χ1n) is 6.64. The molecule has 5 heteroatoms. The number of pyridine rings is 1.